The van der Waals surface area contributed by atoms with Crippen LogP contribution in [0.15, 0.2) is 0 Å². The van der Waals surface area contributed by atoms with Crippen molar-refractivity contribution in [2.45, 2.75) is 57.4 Å². The topological polar surface area (TPSA) is 46.2 Å². The maximum atomic E-state index is 11.4. The zero-order valence-electron chi connectivity index (χ0n) is 12.9. The third-order valence-corrected chi connectivity index (χ3v) is 7.07. The molecule has 1 atom stereocenters. The summed E-state index contributed by atoms with van der Waals surface area (Å²) >= 11 is 0. The van der Waals surface area contributed by atoms with Crippen molar-refractivity contribution in [3.63, 3.8) is 0 Å². The first-order chi connectivity index (χ1) is 9.37. The highest BCUT2D eigenvalue weighted by atomic mass is 32.2. The van der Waals surface area contributed by atoms with Crippen molar-refractivity contribution in [3.8, 4) is 0 Å². The molecule has 4 heteroatoms. The van der Waals surface area contributed by atoms with Gasteiger partial charge in [0.2, 0.25) is 0 Å². The average Bonchev–Trinajstić information content (AvgIpc) is 2.31. The molecule has 4 rings (SSSR count). The summed E-state index contributed by atoms with van der Waals surface area (Å²) in [4.78, 5) is 0. The van der Waals surface area contributed by atoms with Crippen molar-refractivity contribution in [2.24, 2.45) is 23.2 Å². The molecule has 3 nitrogen and oxygen atoms in total. The second kappa shape index (κ2) is 5.28. The van der Waals surface area contributed by atoms with Crippen LogP contribution >= 0.6 is 0 Å². The van der Waals surface area contributed by atoms with Crippen LogP contribution in [-0.2, 0) is 9.84 Å². The third kappa shape index (κ3) is 3.22. The first-order valence-corrected chi connectivity index (χ1v) is 10.3. The highest BCUT2D eigenvalue weighted by Crippen LogP contribution is 2.61. The van der Waals surface area contributed by atoms with E-state index >= 15 is 0 Å². The quantitative estimate of drug-likeness (QED) is 0.820. The van der Waals surface area contributed by atoms with Crippen molar-refractivity contribution >= 4 is 9.84 Å². The van der Waals surface area contributed by atoms with Crippen molar-refractivity contribution < 1.29 is 8.42 Å². The molecule has 4 saturated carbocycles. The van der Waals surface area contributed by atoms with Gasteiger partial charge in [0.25, 0.3) is 0 Å². The molecular formula is C16H29NO2S. The van der Waals surface area contributed by atoms with Gasteiger partial charge in [0.1, 0.15) is 9.84 Å². The summed E-state index contributed by atoms with van der Waals surface area (Å²) in [6.45, 7) is 0. The zero-order valence-corrected chi connectivity index (χ0v) is 13.7. The molecule has 0 aromatic rings. The van der Waals surface area contributed by atoms with Crippen LogP contribution in [0.1, 0.15) is 51.4 Å². The summed E-state index contributed by atoms with van der Waals surface area (Å²) in [5.74, 6) is 3.27. The summed E-state index contributed by atoms with van der Waals surface area (Å²) in [5, 5.41) is 3.39. The predicted octanol–water partition coefficient (Wildman–Crippen LogP) is 2.62. The minimum absolute atomic E-state index is 0.324. The fourth-order valence-corrected chi connectivity index (χ4v) is 6.48. The number of hydrogen-bond donors (Lipinski definition) is 1. The van der Waals surface area contributed by atoms with Gasteiger partial charge in [-0.2, -0.15) is 0 Å². The Kier molecular flexibility index (Phi) is 3.91. The SMILES string of the molecule is CNC(CCS(C)(=O)=O)CC12CC3CC(CC(C3)C1)C2. The molecule has 20 heavy (non-hydrogen) atoms. The van der Waals surface area contributed by atoms with Gasteiger partial charge in [-0.25, -0.2) is 8.42 Å². The molecule has 0 aromatic carbocycles. The molecule has 0 aromatic heterocycles. The van der Waals surface area contributed by atoms with Crippen LogP contribution < -0.4 is 5.32 Å². The van der Waals surface area contributed by atoms with Crippen LogP contribution in [0.4, 0.5) is 0 Å². The van der Waals surface area contributed by atoms with Crippen LogP contribution in [0.2, 0.25) is 0 Å². The summed E-state index contributed by atoms with van der Waals surface area (Å²) < 4.78 is 22.8. The van der Waals surface area contributed by atoms with E-state index in [2.05, 4.69) is 5.32 Å². The van der Waals surface area contributed by atoms with Crippen LogP contribution in [0, 0.1) is 23.2 Å². The number of nitrogens with one attached hydrogen (secondary N) is 1. The van der Waals surface area contributed by atoms with Gasteiger partial charge in [0.05, 0.1) is 5.75 Å². The highest BCUT2D eigenvalue weighted by molar-refractivity contribution is 7.90. The number of hydrogen-bond acceptors (Lipinski definition) is 3. The lowest BCUT2D eigenvalue weighted by Gasteiger charge is -2.57. The first-order valence-electron chi connectivity index (χ1n) is 8.22. The van der Waals surface area contributed by atoms with Crippen molar-refractivity contribution in [2.75, 3.05) is 19.1 Å². The lowest BCUT2D eigenvalue weighted by atomic mass is 9.48. The van der Waals surface area contributed by atoms with E-state index < -0.39 is 9.84 Å². The standard InChI is InChI=1S/C16H29NO2S/c1-17-15(3-4-20(2,18)19)11-16-8-12-5-13(9-16)7-14(6-12)10-16/h12-15,17H,3-11H2,1-2H3. The molecule has 4 aliphatic carbocycles. The van der Waals surface area contributed by atoms with Crippen molar-refractivity contribution in [3.05, 3.63) is 0 Å². The fourth-order valence-electron chi connectivity index (χ4n) is 5.77. The Labute approximate surface area is 123 Å². The normalized spacial score (nSPS) is 41.0. The first kappa shape index (κ1) is 14.8. The Morgan fingerprint density at radius 2 is 1.60 bits per heavy atom. The van der Waals surface area contributed by atoms with Gasteiger partial charge in [0.15, 0.2) is 0 Å². The molecule has 1 N–H and O–H groups in total. The Bertz CT molecular complexity index is 422. The Hall–Kier alpha value is -0.0900. The monoisotopic (exact) mass is 299 g/mol. The summed E-state index contributed by atoms with van der Waals surface area (Å²) in [6.07, 6.45) is 12.0. The summed E-state index contributed by atoms with van der Waals surface area (Å²) in [5.41, 5.74) is 0.542. The van der Waals surface area contributed by atoms with Crippen LogP contribution in [0.25, 0.3) is 0 Å². The van der Waals surface area contributed by atoms with E-state index in [0.717, 1.165) is 24.2 Å². The Morgan fingerprint density at radius 3 is 2.00 bits per heavy atom. The molecule has 1 unspecified atom stereocenters. The molecule has 0 aliphatic heterocycles. The lowest BCUT2D eigenvalue weighted by molar-refractivity contribution is -0.0618. The Balaban J connectivity index is 1.63. The molecule has 0 spiro atoms. The molecule has 0 radical (unpaired) electrons. The van der Waals surface area contributed by atoms with Gasteiger partial charge in [-0.1, -0.05) is 0 Å². The molecule has 4 aliphatic rings. The molecule has 116 valence electrons. The Morgan fingerprint density at radius 1 is 1.10 bits per heavy atom. The van der Waals surface area contributed by atoms with Gasteiger partial charge < -0.3 is 5.32 Å². The maximum absolute atomic E-state index is 11.4. The van der Waals surface area contributed by atoms with Crippen molar-refractivity contribution in [1.82, 2.24) is 5.32 Å². The van der Waals surface area contributed by atoms with Crippen LogP contribution in [-0.4, -0.2) is 33.5 Å². The zero-order chi connectivity index (χ0) is 14.4. The molecule has 0 heterocycles. The fraction of sp³-hybridized carbons (Fsp3) is 1.00. The van der Waals surface area contributed by atoms with Crippen LogP contribution in [0.3, 0.4) is 0 Å². The molecule has 4 bridgehead atoms. The number of sulfone groups is 1. The van der Waals surface area contributed by atoms with Crippen molar-refractivity contribution in [1.29, 1.82) is 0 Å². The van der Waals surface area contributed by atoms with E-state index in [-0.39, 0.29) is 0 Å². The second-order valence-electron chi connectivity index (χ2n) is 8.03. The largest absolute Gasteiger partial charge is 0.317 e. The smallest absolute Gasteiger partial charge is 0.147 e. The van der Waals surface area contributed by atoms with Gasteiger partial charge in [0, 0.05) is 12.3 Å². The highest BCUT2D eigenvalue weighted by Gasteiger charge is 2.51. The maximum Gasteiger partial charge on any atom is 0.147 e. The summed E-state index contributed by atoms with van der Waals surface area (Å²) in [6, 6.07) is 0.376. The average molecular weight is 299 g/mol. The van der Waals surface area contributed by atoms with Gasteiger partial charge >= 0.3 is 0 Å². The van der Waals surface area contributed by atoms with Gasteiger partial charge in [-0.05, 0) is 81.6 Å². The summed E-state index contributed by atoms with van der Waals surface area (Å²) in [7, 11) is -0.842. The lowest BCUT2D eigenvalue weighted by Crippen LogP contribution is -2.48. The van der Waals surface area contributed by atoms with E-state index in [4.69, 9.17) is 0 Å². The molecular weight excluding hydrogens is 270 g/mol. The van der Waals surface area contributed by atoms with E-state index in [1.165, 1.54) is 51.2 Å². The predicted molar refractivity (Wildman–Crippen MR) is 82.4 cm³/mol. The van der Waals surface area contributed by atoms with E-state index in [0.29, 0.717) is 17.2 Å². The van der Waals surface area contributed by atoms with Gasteiger partial charge in [-0.15, -0.1) is 0 Å². The number of rotatable bonds is 6. The van der Waals surface area contributed by atoms with E-state index in [9.17, 15) is 8.42 Å². The van der Waals surface area contributed by atoms with E-state index in [1.54, 1.807) is 0 Å². The minimum atomic E-state index is -2.84. The minimum Gasteiger partial charge on any atom is -0.317 e. The molecule has 0 saturated heterocycles. The molecule has 4 fully saturated rings. The van der Waals surface area contributed by atoms with Crippen LogP contribution in [0.5, 0.6) is 0 Å². The second-order valence-corrected chi connectivity index (χ2v) is 10.3. The third-order valence-electron chi connectivity index (χ3n) is 6.09. The van der Waals surface area contributed by atoms with Gasteiger partial charge in [-0.3, -0.25) is 0 Å². The molecule has 0 amide bonds. The van der Waals surface area contributed by atoms with E-state index in [1.807, 2.05) is 7.05 Å².